The summed E-state index contributed by atoms with van der Waals surface area (Å²) in [6.07, 6.45) is 2.06. The number of ether oxygens (including phenoxy) is 1. The number of hydrogen-bond donors (Lipinski definition) is 0. The molecular formula is C28H26ClN5O2. The molecule has 1 amide bonds. The van der Waals surface area contributed by atoms with Crippen LogP contribution in [0.1, 0.15) is 11.3 Å². The predicted octanol–water partition coefficient (Wildman–Crippen LogP) is 4.48. The average Bonchev–Trinajstić information content (AvgIpc) is 3.27. The summed E-state index contributed by atoms with van der Waals surface area (Å²) < 4.78 is 7.13. The molecule has 7 nitrogen and oxygen atoms in total. The Morgan fingerprint density at radius 3 is 2.47 bits per heavy atom. The second-order valence-electron chi connectivity index (χ2n) is 8.81. The first-order valence-electron chi connectivity index (χ1n) is 11.8. The number of rotatable bonds is 6. The smallest absolute Gasteiger partial charge is 0.248 e. The molecule has 0 aliphatic carbocycles. The molecule has 0 N–H and O–H groups in total. The molecule has 8 heteroatoms. The second kappa shape index (κ2) is 10.5. The number of fused-ring (bicyclic) bond motifs is 1. The van der Waals surface area contributed by atoms with Gasteiger partial charge in [-0.1, -0.05) is 41.9 Å². The minimum Gasteiger partial charge on any atom is -0.375 e. The number of methoxy groups -OCH3 is 1. The lowest BCUT2D eigenvalue weighted by molar-refractivity contribution is -0.136. The van der Waals surface area contributed by atoms with E-state index in [0.717, 1.165) is 46.8 Å². The van der Waals surface area contributed by atoms with E-state index in [1.807, 2.05) is 65.6 Å². The molecular weight excluding hydrogens is 474 g/mol. The zero-order valence-corrected chi connectivity index (χ0v) is 20.8. The molecule has 2 aromatic carbocycles. The molecule has 0 saturated carbocycles. The summed E-state index contributed by atoms with van der Waals surface area (Å²) in [5.41, 5.74) is 6.26. The van der Waals surface area contributed by atoms with Crippen molar-refractivity contribution in [3.8, 4) is 28.5 Å². The number of nitrogens with zero attached hydrogens (tertiary/aromatic N) is 5. The summed E-state index contributed by atoms with van der Waals surface area (Å²) in [5, 5.41) is 10.3. The van der Waals surface area contributed by atoms with Crippen molar-refractivity contribution >= 4 is 23.2 Å². The van der Waals surface area contributed by atoms with E-state index >= 15 is 0 Å². The van der Waals surface area contributed by atoms with Gasteiger partial charge < -0.3 is 14.0 Å². The van der Waals surface area contributed by atoms with Crippen molar-refractivity contribution in [1.29, 1.82) is 5.26 Å². The van der Waals surface area contributed by atoms with E-state index in [-0.39, 0.29) is 12.5 Å². The lowest BCUT2D eigenvalue weighted by Gasteiger charge is -2.34. The van der Waals surface area contributed by atoms with Crippen LogP contribution in [0.2, 0.25) is 5.02 Å². The number of hydrogen-bond acceptors (Lipinski definition) is 5. The molecule has 1 aliphatic heterocycles. The number of amides is 1. The van der Waals surface area contributed by atoms with Gasteiger partial charge in [-0.3, -0.25) is 9.69 Å². The standard InChI is InChI=1S/C28H26ClN5O2/c1-36-19-27(35)33-14-12-32(13-15-33)18-25-28(20-6-9-23(29)10-7-20)31-26-11-8-22(17-34(25)26)24-5-3-2-4-21(24)16-30/h2-11,17H,12-15,18-19H2,1H3. The molecule has 36 heavy (non-hydrogen) atoms. The first kappa shape index (κ1) is 24.0. The Kier molecular flexibility index (Phi) is 7.01. The summed E-state index contributed by atoms with van der Waals surface area (Å²) in [4.78, 5) is 21.4. The van der Waals surface area contributed by atoms with Crippen LogP contribution in [0.25, 0.3) is 28.0 Å². The van der Waals surface area contributed by atoms with Crippen LogP contribution in [-0.4, -0.2) is 65.0 Å². The fourth-order valence-corrected chi connectivity index (χ4v) is 4.78. The number of carbonyl (C=O) groups is 1. The van der Waals surface area contributed by atoms with E-state index in [9.17, 15) is 10.1 Å². The van der Waals surface area contributed by atoms with Gasteiger partial charge >= 0.3 is 0 Å². The van der Waals surface area contributed by atoms with Crippen LogP contribution >= 0.6 is 11.6 Å². The SMILES string of the molecule is COCC(=O)N1CCN(Cc2c(-c3ccc(Cl)cc3)nc3ccc(-c4ccccc4C#N)cn23)CC1. The fourth-order valence-electron chi connectivity index (χ4n) is 4.66. The third-order valence-corrected chi connectivity index (χ3v) is 6.81. The summed E-state index contributed by atoms with van der Waals surface area (Å²) in [6, 6.07) is 21.6. The number of imidazole rings is 1. The van der Waals surface area contributed by atoms with Gasteiger partial charge in [0.15, 0.2) is 0 Å². The van der Waals surface area contributed by atoms with Crippen molar-refractivity contribution in [2.24, 2.45) is 0 Å². The molecule has 0 unspecified atom stereocenters. The Labute approximate surface area is 215 Å². The number of nitriles is 1. The van der Waals surface area contributed by atoms with Crippen LogP contribution < -0.4 is 0 Å². The zero-order chi connectivity index (χ0) is 25.1. The molecule has 0 spiro atoms. The Morgan fingerprint density at radius 2 is 1.75 bits per heavy atom. The summed E-state index contributed by atoms with van der Waals surface area (Å²) in [7, 11) is 1.54. The van der Waals surface area contributed by atoms with E-state index in [2.05, 4.69) is 21.6 Å². The Morgan fingerprint density at radius 1 is 1.03 bits per heavy atom. The van der Waals surface area contributed by atoms with Crippen molar-refractivity contribution in [2.45, 2.75) is 6.54 Å². The fraction of sp³-hybridized carbons (Fsp3) is 0.250. The lowest BCUT2D eigenvalue weighted by atomic mass is 10.0. The molecule has 4 aromatic rings. The number of benzene rings is 2. The van der Waals surface area contributed by atoms with Crippen LogP contribution in [0.4, 0.5) is 0 Å². The van der Waals surface area contributed by atoms with Crippen molar-refractivity contribution < 1.29 is 9.53 Å². The Hall–Kier alpha value is -3.70. The maximum absolute atomic E-state index is 12.2. The number of piperazine rings is 1. The third kappa shape index (κ3) is 4.84. The first-order chi connectivity index (χ1) is 17.6. The molecule has 3 heterocycles. The highest BCUT2D eigenvalue weighted by molar-refractivity contribution is 6.30. The number of aromatic nitrogens is 2. The Bertz CT molecular complexity index is 1430. The van der Waals surface area contributed by atoms with E-state index in [1.165, 1.54) is 0 Å². The quantitative estimate of drug-likeness (QED) is 0.391. The summed E-state index contributed by atoms with van der Waals surface area (Å²) >= 11 is 6.15. The van der Waals surface area contributed by atoms with Gasteiger partial charge in [-0.05, 0) is 35.9 Å². The topological polar surface area (TPSA) is 73.9 Å². The van der Waals surface area contributed by atoms with Gasteiger partial charge in [-0.15, -0.1) is 0 Å². The predicted molar refractivity (Wildman–Crippen MR) is 140 cm³/mol. The van der Waals surface area contributed by atoms with Gasteiger partial charge in [0.25, 0.3) is 0 Å². The van der Waals surface area contributed by atoms with Crippen molar-refractivity contribution in [1.82, 2.24) is 19.2 Å². The number of carbonyl (C=O) groups excluding carboxylic acids is 1. The summed E-state index contributed by atoms with van der Waals surface area (Å²) in [6.45, 7) is 3.64. The maximum atomic E-state index is 12.2. The highest BCUT2D eigenvalue weighted by Gasteiger charge is 2.24. The second-order valence-corrected chi connectivity index (χ2v) is 9.24. The third-order valence-electron chi connectivity index (χ3n) is 6.56. The number of pyridine rings is 1. The average molecular weight is 500 g/mol. The van der Waals surface area contributed by atoms with Crippen LogP contribution in [0, 0.1) is 11.3 Å². The van der Waals surface area contributed by atoms with Gasteiger partial charge in [-0.2, -0.15) is 5.26 Å². The van der Waals surface area contributed by atoms with Gasteiger partial charge in [-0.25, -0.2) is 4.98 Å². The van der Waals surface area contributed by atoms with Crippen molar-refractivity contribution in [2.75, 3.05) is 39.9 Å². The molecule has 1 fully saturated rings. The van der Waals surface area contributed by atoms with Crippen LogP contribution in [0.5, 0.6) is 0 Å². The Balaban J connectivity index is 1.53. The first-order valence-corrected chi connectivity index (χ1v) is 12.2. The zero-order valence-electron chi connectivity index (χ0n) is 20.0. The molecule has 5 rings (SSSR count). The molecule has 0 bridgehead atoms. The van der Waals surface area contributed by atoms with Crippen LogP contribution in [0.3, 0.4) is 0 Å². The van der Waals surface area contributed by atoms with E-state index in [1.54, 1.807) is 7.11 Å². The highest BCUT2D eigenvalue weighted by atomic mass is 35.5. The van der Waals surface area contributed by atoms with Crippen LogP contribution in [0.15, 0.2) is 66.9 Å². The molecule has 0 radical (unpaired) electrons. The minimum absolute atomic E-state index is 0.0228. The summed E-state index contributed by atoms with van der Waals surface area (Å²) in [5.74, 6) is 0.0228. The largest absolute Gasteiger partial charge is 0.375 e. The molecule has 2 aromatic heterocycles. The van der Waals surface area contributed by atoms with Gasteiger partial charge in [0.2, 0.25) is 5.91 Å². The molecule has 182 valence electrons. The van der Waals surface area contributed by atoms with E-state index < -0.39 is 0 Å². The molecule has 1 saturated heterocycles. The van der Waals surface area contributed by atoms with E-state index in [4.69, 9.17) is 21.3 Å². The van der Waals surface area contributed by atoms with E-state index in [0.29, 0.717) is 30.2 Å². The molecule has 1 aliphatic rings. The number of halogens is 1. The van der Waals surface area contributed by atoms with Crippen LogP contribution in [-0.2, 0) is 16.1 Å². The van der Waals surface area contributed by atoms with Crippen molar-refractivity contribution in [3.63, 3.8) is 0 Å². The van der Waals surface area contributed by atoms with Gasteiger partial charge in [0.1, 0.15) is 12.3 Å². The normalized spacial score (nSPS) is 14.2. The maximum Gasteiger partial charge on any atom is 0.248 e. The minimum atomic E-state index is 0.0228. The lowest BCUT2D eigenvalue weighted by Crippen LogP contribution is -2.49. The highest BCUT2D eigenvalue weighted by Crippen LogP contribution is 2.30. The van der Waals surface area contributed by atoms with Gasteiger partial charge in [0, 0.05) is 62.2 Å². The molecule has 0 atom stereocenters. The van der Waals surface area contributed by atoms with Gasteiger partial charge in [0.05, 0.1) is 23.0 Å². The van der Waals surface area contributed by atoms with Crippen molar-refractivity contribution in [3.05, 3.63) is 83.1 Å². The monoisotopic (exact) mass is 499 g/mol.